The summed E-state index contributed by atoms with van der Waals surface area (Å²) in [6, 6.07) is 15.7. The average molecular weight is 483 g/mol. The van der Waals surface area contributed by atoms with E-state index in [-0.39, 0.29) is 12.1 Å². The second-order valence-electron chi connectivity index (χ2n) is 8.76. The van der Waals surface area contributed by atoms with Crippen LogP contribution in [0, 0.1) is 11.8 Å². The van der Waals surface area contributed by atoms with E-state index < -0.39 is 18.0 Å². The highest BCUT2D eigenvalue weighted by Gasteiger charge is 2.13. The number of rotatable bonds is 8. The van der Waals surface area contributed by atoms with Gasteiger partial charge in [-0.2, -0.15) is 0 Å². The molecule has 0 saturated heterocycles. The van der Waals surface area contributed by atoms with Crippen LogP contribution in [-0.4, -0.2) is 66.1 Å². The Kier molecular flexibility index (Phi) is 12.1. The number of β-amino-alcohol motifs (C(OH)–C–C–N with tert-alkyl or cyclic N) is 1. The second kappa shape index (κ2) is 14.5. The Morgan fingerprint density at radius 3 is 2.03 bits per heavy atom. The largest absolute Gasteiger partial charge is 0.490 e. The fraction of sp³-hybridized carbons (Fsp3) is 0.333. The molecule has 8 heteroatoms. The van der Waals surface area contributed by atoms with Gasteiger partial charge in [-0.15, -0.1) is 0 Å². The summed E-state index contributed by atoms with van der Waals surface area (Å²) in [5, 5.41) is 29.0. The molecule has 0 spiro atoms. The summed E-state index contributed by atoms with van der Waals surface area (Å²) in [6.07, 6.45) is 0.532. The highest BCUT2D eigenvalue weighted by atomic mass is 16.5. The van der Waals surface area contributed by atoms with Crippen molar-refractivity contribution in [2.45, 2.75) is 32.4 Å². The van der Waals surface area contributed by atoms with Gasteiger partial charge in [0, 0.05) is 43.9 Å². The molecule has 0 saturated carbocycles. The van der Waals surface area contributed by atoms with Crippen LogP contribution in [0.1, 0.15) is 31.9 Å². The number of aliphatic hydroxyl groups is 1. The number of carboxylic acid groups (broad SMARTS) is 2. The first kappa shape index (κ1) is 29.2. The Labute approximate surface area is 206 Å². The van der Waals surface area contributed by atoms with Crippen molar-refractivity contribution in [1.82, 2.24) is 5.32 Å². The van der Waals surface area contributed by atoms with Gasteiger partial charge in [0.2, 0.25) is 0 Å². The van der Waals surface area contributed by atoms with E-state index in [1.54, 1.807) is 0 Å². The van der Waals surface area contributed by atoms with E-state index in [1.807, 2.05) is 67.5 Å². The molecule has 1 unspecified atom stereocenters. The lowest BCUT2D eigenvalue weighted by Crippen LogP contribution is -2.42. The number of anilines is 1. The number of benzene rings is 2. The van der Waals surface area contributed by atoms with E-state index in [2.05, 4.69) is 37.9 Å². The maximum atomic E-state index is 10.1. The number of nitrogens with one attached hydrogen (secondary N) is 1. The Bertz CT molecular complexity index is 1050. The number of aliphatic carboxylic acids is 2. The molecule has 2 rings (SSSR count). The van der Waals surface area contributed by atoms with Crippen LogP contribution < -0.4 is 15.0 Å². The van der Waals surface area contributed by atoms with Crippen LogP contribution >= 0.6 is 0 Å². The van der Waals surface area contributed by atoms with E-state index in [1.165, 1.54) is 0 Å². The van der Waals surface area contributed by atoms with E-state index in [0.29, 0.717) is 24.4 Å². The Morgan fingerprint density at radius 1 is 0.971 bits per heavy atom. The number of carboxylic acids is 2. The van der Waals surface area contributed by atoms with Crippen molar-refractivity contribution < 1.29 is 29.6 Å². The molecule has 0 aliphatic carbocycles. The average Bonchev–Trinajstić information content (AvgIpc) is 2.79. The van der Waals surface area contributed by atoms with Crippen molar-refractivity contribution in [3.63, 3.8) is 0 Å². The smallest absolute Gasteiger partial charge is 0.328 e. The van der Waals surface area contributed by atoms with Crippen molar-refractivity contribution in [3.8, 4) is 17.6 Å². The van der Waals surface area contributed by atoms with Crippen molar-refractivity contribution in [1.29, 1.82) is 0 Å². The molecule has 0 fully saturated rings. The second-order valence-corrected chi connectivity index (χ2v) is 8.76. The minimum Gasteiger partial charge on any atom is -0.490 e. The summed E-state index contributed by atoms with van der Waals surface area (Å²) < 4.78 is 5.83. The topological polar surface area (TPSA) is 119 Å². The first-order valence-corrected chi connectivity index (χ1v) is 11.0. The van der Waals surface area contributed by atoms with E-state index in [0.717, 1.165) is 16.8 Å². The molecule has 0 radical (unpaired) electrons. The molecule has 1 atom stereocenters. The van der Waals surface area contributed by atoms with Gasteiger partial charge in [-0.05, 0) is 45.0 Å². The van der Waals surface area contributed by atoms with Crippen LogP contribution in [0.3, 0.4) is 0 Å². The van der Waals surface area contributed by atoms with Gasteiger partial charge in [0.05, 0.1) is 11.3 Å². The number of carbonyl (C=O) groups is 2. The number of para-hydroxylation sites is 2. The zero-order chi connectivity index (χ0) is 26.4. The lowest BCUT2D eigenvalue weighted by atomic mass is 10.1. The van der Waals surface area contributed by atoms with Gasteiger partial charge in [0.1, 0.15) is 18.5 Å². The number of nitrogens with zero attached hydrogens (tertiary/aromatic N) is 1. The zero-order valence-electron chi connectivity index (χ0n) is 20.8. The maximum Gasteiger partial charge on any atom is 0.328 e. The van der Waals surface area contributed by atoms with Crippen LogP contribution in [-0.2, 0) is 9.59 Å². The molecule has 2 aromatic rings. The molecule has 0 heterocycles. The van der Waals surface area contributed by atoms with Crippen LogP contribution in [0.5, 0.6) is 5.75 Å². The standard InChI is InChI=1S/C23H30N2O2.C4H4O4/c1-23(2,3)24-16-20(26)17-27-22-13-9-7-11-19(22)15-14-18-10-6-8-12-21(18)25(4)5;5-3(6)1-2-4(7)8/h6-13,20,24,26H,16-17H2,1-5H3;1-2H,(H,5,6)(H,7,8). The van der Waals surface area contributed by atoms with Crippen molar-refractivity contribution in [3.05, 3.63) is 71.8 Å². The minimum absolute atomic E-state index is 0.0375. The van der Waals surface area contributed by atoms with Gasteiger partial charge in [0.25, 0.3) is 0 Å². The third kappa shape index (κ3) is 12.9. The summed E-state index contributed by atoms with van der Waals surface area (Å²) in [5.74, 6) is 4.61. The zero-order valence-corrected chi connectivity index (χ0v) is 20.8. The number of hydrogen-bond donors (Lipinski definition) is 4. The van der Waals surface area contributed by atoms with Crippen molar-refractivity contribution in [2.75, 3.05) is 32.1 Å². The van der Waals surface area contributed by atoms with E-state index in [4.69, 9.17) is 14.9 Å². The van der Waals surface area contributed by atoms with E-state index >= 15 is 0 Å². The van der Waals surface area contributed by atoms with Gasteiger partial charge < -0.3 is 30.3 Å². The van der Waals surface area contributed by atoms with Crippen LogP contribution in [0.4, 0.5) is 5.69 Å². The van der Waals surface area contributed by atoms with Crippen LogP contribution in [0.2, 0.25) is 0 Å². The molecule has 0 aliphatic rings. The molecule has 8 nitrogen and oxygen atoms in total. The molecular weight excluding hydrogens is 448 g/mol. The first-order valence-electron chi connectivity index (χ1n) is 11.0. The lowest BCUT2D eigenvalue weighted by molar-refractivity contribution is -0.134. The molecule has 0 aliphatic heterocycles. The van der Waals surface area contributed by atoms with Gasteiger partial charge in [-0.1, -0.05) is 36.1 Å². The molecule has 0 amide bonds. The molecule has 0 aromatic heterocycles. The summed E-state index contributed by atoms with van der Waals surface area (Å²) in [4.78, 5) is 21.2. The predicted molar refractivity (Wildman–Crippen MR) is 137 cm³/mol. The Balaban J connectivity index is 0.000000658. The third-order valence-corrected chi connectivity index (χ3v) is 4.27. The summed E-state index contributed by atoms with van der Waals surface area (Å²) >= 11 is 0. The van der Waals surface area contributed by atoms with E-state index in [9.17, 15) is 14.7 Å². The maximum absolute atomic E-state index is 10.1. The predicted octanol–water partition coefficient (Wildman–Crippen LogP) is 2.99. The highest BCUT2D eigenvalue weighted by Crippen LogP contribution is 2.19. The molecule has 0 bridgehead atoms. The molecular formula is C27H34N2O6. The summed E-state index contributed by atoms with van der Waals surface area (Å²) in [7, 11) is 4.01. The highest BCUT2D eigenvalue weighted by molar-refractivity contribution is 5.89. The Hall–Kier alpha value is -3.80. The van der Waals surface area contributed by atoms with Crippen molar-refractivity contribution >= 4 is 17.6 Å². The Morgan fingerprint density at radius 2 is 1.49 bits per heavy atom. The quantitative estimate of drug-likeness (QED) is 0.335. The SMILES string of the molecule is CN(C)c1ccccc1C#Cc1ccccc1OCC(O)CNC(C)(C)C.O=C(O)C=CC(=O)O. The van der Waals surface area contributed by atoms with Gasteiger partial charge in [0.15, 0.2) is 0 Å². The fourth-order valence-corrected chi connectivity index (χ4v) is 2.61. The number of aliphatic hydroxyl groups excluding tert-OH is 1. The molecule has 2 aromatic carbocycles. The monoisotopic (exact) mass is 482 g/mol. The normalized spacial score (nSPS) is 11.5. The number of hydrogen-bond acceptors (Lipinski definition) is 6. The van der Waals surface area contributed by atoms with Gasteiger partial charge >= 0.3 is 11.9 Å². The third-order valence-electron chi connectivity index (χ3n) is 4.27. The lowest BCUT2D eigenvalue weighted by Gasteiger charge is -2.23. The van der Waals surface area contributed by atoms with Gasteiger partial charge in [-0.3, -0.25) is 0 Å². The molecule has 188 valence electrons. The summed E-state index contributed by atoms with van der Waals surface area (Å²) in [5.41, 5.74) is 2.81. The summed E-state index contributed by atoms with van der Waals surface area (Å²) in [6.45, 7) is 6.90. The minimum atomic E-state index is -1.26. The number of ether oxygens (including phenoxy) is 1. The van der Waals surface area contributed by atoms with Crippen LogP contribution in [0.15, 0.2) is 60.7 Å². The molecule has 4 N–H and O–H groups in total. The van der Waals surface area contributed by atoms with Gasteiger partial charge in [-0.25, -0.2) is 9.59 Å². The molecule has 35 heavy (non-hydrogen) atoms. The van der Waals surface area contributed by atoms with Crippen molar-refractivity contribution in [2.24, 2.45) is 0 Å². The fourth-order valence-electron chi connectivity index (χ4n) is 2.61. The first-order chi connectivity index (χ1) is 16.4. The van der Waals surface area contributed by atoms with Crippen LogP contribution in [0.25, 0.3) is 0 Å².